The van der Waals surface area contributed by atoms with E-state index in [0.29, 0.717) is 25.0 Å². The molecule has 19 nitrogen and oxygen atoms in total. The van der Waals surface area contributed by atoms with Crippen LogP contribution in [0.3, 0.4) is 0 Å². The molecule has 416 valence electrons. The molecule has 0 saturated carbocycles. The lowest BCUT2D eigenvalue weighted by Crippen LogP contribution is -2.36. The monoisotopic (exact) mass is 1060 g/mol. The molecule has 2 aliphatic rings. The minimum Gasteiger partial charge on any atom is -0.462 e. The minimum atomic E-state index is -5.43. The second-order valence-corrected chi connectivity index (χ2v) is 23.0. The Morgan fingerprint density at radius 1 is 0.722 bits per heavy atom. The summed E-state index contributed by atoms with van der Waals surface area (Å²) in [6.07, 6.45) is 28.7. The van der Waals surface area contributed by atoms with Crippen molar-refractivity contribution in [3.63, 3.8) is 0 Å². The molecule has 1 aromatic heterocycles. The number of carbonyl (C=O) groups excluding carboxylic acids is 2. The number of rotatable bonds is 44. The third kappa shape index (κ3) is 28.9. The number of unbranched alkanes of at least 4 members (excludes halogenated alkanes) is 21. The van der Waals surface area contributed by atoms with Crippen molar-refractivity contribution in [3.05, 3.63) is 34.9 Å². The topological polar surface area (TPSA) is 278 Å². The highest BCUT2D eigenvalue weighted by atomic mass is 31.3. The number of aromatic nitrogens is 2. The van der Waals surface area contributed by atoms with E-state index in [1.165, 1.54) is 102 Å². The van der Waals surface area contributed by atoms with Gasteiger partial charge in [-0.05, 0) is 50.5 Å². The van der Waals surface area contributed by atoms with Crippen molar-refractivity contribution >= 4 is 33.4 Å². The smallest absolute Gasteiger partial charge is 0.462 e. The maximum absolute atomic E-state index is 12.9. The highest BCUT2D eigenvalue weighted by Crippen LogP contribution is 2.60. The summed E-state index contributed by atoms with van der Waals surface area (Å²) in [4.78, 5) is 62.1. The van der Waals surface area contributed by atoms with E-state index in [2.05, 4.69) is 42.2 Å². The molecule has 72 heavy (non-hydrogen) atoms. The van der Waals surface area contributed by atoms with Gasteiger partial charge in [0.05, 0.1) is 25.4 Å². The summed E-state index contributed by atoms with van der Waals surface area (Å²) in [5.74, 6) is -0.503. The van der Waals surface area contributed by atoms with Gasteiger partial charge in [-0.2, -0.15) is 9.29 Å². The van der Waals surface area contributed by atoms with E-state index < -0.39 is 83.7 Å². The van der Waals surface area contributed by atoms with Crippen molar-refractivity contribution in [3.8, 4) is 0 Å². The van der Waals surface area contributed by atoms with Crippen molar-refractivity contribution in [2.45, 2.75) is 250 Å². The van der Waals surface area contributed by atoms with Crippen LogP contribution in [0.4, 0.5) is 5.82 Å². The van der Waals surface area contributed by atoms with Crippen LogP contribution in [0.5, 0.6) is 0 Å². The second kappa shape index (κ2) is 36.4. The van der Waals surface area contributed by atoms with E-state index in [4.69, 9.17) is 33.7 Å². The van der Waals surface area contributed by atoms with Crippen LogP contribution in [0.25, 0.3) is 0 Å². The molecule has 9 atom stereocenters. The Labute approximate surface area is 428 Å². The normalized spacial score (nSPS) is 22.0. The number of hydrogen-bond acceptors (Lipinski definition) is 16. The third-order valence-electron chi connectivity index (χ3n) is 13.0. The van der Waals surface area contributed by atoms with Crippen molar-refractivity contribution in [2.75, 3.05) is 25.6 Å². The van der Waals surface area contributed by atoms with E-state index in [1.54, 1.807) is 0 Å². The average molecular weight is 1060 g/mol. The number of esters is 2. The lowest BCUT2D eigenvalue weighted by molar-refractivity contribution is -0.161. The molecular formula is C51H91N3O16P2. The number of nitrogen functional groups attached to an aromatic ring is 1. The van der Waals surface area contributed by atoms with Gasteiger partial charge in [-0.1, -0.05) is 168 Å². The highest BCUT2D eigenvalue weighted by molar-refractivity contribution is 7.61. The number of ether oxygens (including phenoxy) is 4. The summed E-state index contributed by atoms with van der Waals surface area (Å²) in [6.45, 7) is 4.46. The fraction of sp³-hybridized carbons (Fsp3) is 0.843. The molecule has 0 amide bonds. The second-order valence-electron chi connectivity index (χ2n) is 20.0. The van der Waals surface area contributed by atoms with Crippen LogP contribution in [0.1, 0.15) is 213 Å². The van der Waals surface area contributed by atoms with Crippen LogP contribution in [0.15, 0.2) is 29.2 Å². The number of nitrogens with zero attached hydrogens (tertiary/aromatic N) is 2. The number of aliphatic hydroxyl groups excluding tert-OH is 2. The Balaban J connectivity index is 1.37. The van der Waals surface area contributed by atoms with Crippen LogP contribution in [-0.2, 0) is 51.0 Å². The number of hydrogen-bond donors (Lipinski definition) is 5. The molecule has 0 aliphatic carbocycles. The summed E-state index contributed by atoms with van der Waals surface area (Å²) in [6, 6.07) is 1.25. The Morgan fingerprint density at radius 2 is 1.29 bits per heavy atom. The summed E-state index contributed by atoms with van der Waals surface area (Å²) >= 11 is 0. The van der Waals surface area contributed by atoms with Gasteiger partial charge in [0.1, 0.15) is 30.7 Å². The maximum Gasteiger partial charge on any atom is 0.481 e. The number of carbonyl (C=O) groups is 2. The number of phosphoric acid groups is 2. The number of epoxide rings is 1. The maximum atomic E-state index is 12.9. The van der Waals surface area contributed by atoms with Crippen LogP contribution in [0, 0.1) is 5.92 Å². The van der Waals surface area contributed by atoms with Crippen molar-refractivity contribution in [1.29, 1.82) is 0 Å². The van der Waals surface area contributed by atoms with Gasteiger partial charge in [-0.3, -0.25) is 23.2 Å². The summed E-state index contributed by atoms with van der Waals surface area (Å²) in [5.41, 5.74) is 4.60. The molecule has 3 rings (SSSR count). The molecule has 4 unspecified atom stereocenters. The molecule has 0 aromatic carbocycles. The lowest BCUT2D eigenvalue weighted by Gasteiger charge is -2.21. The summed E-state index contributed by atoms with van der Waals surface area (Å²) in [5, 5.41) is 20.9. The standard InChI is InChI=1S/C51H91N3O16P2/c1-4-5-6-7-21-26-31-42-43(68-42)32-27-22-19-24-29-34-47(56)67-41(37-64-46(55)33-28-23-18-16-14-12-10-8-9-11-13-15-17-20-25-30-40(2)3)38-65-71(60,61)70-72(62,63)66-39-44-48(57)49(58)50(69-44)54-36-35-45(52)53-51(54)59/h21,26,35-36,40-44,48-50,57-58H,4-20,22-25,27-34,37-39H2,1-3H3,(H,60,61)(H,62,63)(H2,52,53,59)/b26-21-/t41-,42?,43?,44-,48-,49-,50-/m1/s1. The molecule has 2 saturated heterocycles. The molecule has 0 bridgehead atoms. The number of aliphatic hydroxyl groups is 2. The first-order valence-electron chi connectivity index (χ1n) is 27.2. The molecular weight excluding hydrogens is 973 g/mol. The molecule has 3 heterocycles. The zero-order valence-electron chi connectivity index (χ0n) is 43.6. The highest BCUT2D eigenvalue weighted by Gasteiger charge is 2.46. The molecule has 1 aromatic rings. The summed E-state index contributed by atoms with van der Waals surface area (Å²) in [7, 11) is -10.9. The van der Waals surface area contributed by atoms with Gasteiger partial charge in [0, 0.05) is 19.0 Å². The van der Waals surface area contributed by atoms with E-state index in [0.717, 1.165) is 81.1 Å². The lowest BCUT2D eigenvalue weighted by atomic mass is 10.0. The van der Waals surface area contributed by atoms with Crippen molar-refractivity contribution < 1.29 is 71.0 Å². The predicted molar refractivity (Wildman–Crippen MR) is 275 cm³/mol. The first kappa shape index (κ1) is 63.8. The van der Waals surface area contributed by atoms with Crippen LogP contribution in [0.2, 0.25) is 0 Å². The van der Waals surface area contributed by atoms with Crippen LogP contribution < -0.4 is 11.4 Å². The van der Waals surface area contributed by atoms with Crippen molar-refractivity contribution in [2.24, 2.45) is 5.92 Å². The number of nitrogens with two attached hydrogens (primary N) is 1. The van der Waals surface area contributed by atoms with Gasteiger partial charge in [0.15, 0.2) is 12.3 Å². The Bertz CT molecular complexity index is 1840. The zero-order chi connectivity index (χ0) is 52.6. The van der Waals surface area contributed by atoms with Gasteiger partial charge in [0.25, 0.3) is 0 Å². The number of allylic oxidation sites excluding steroid dienone is 1. The average Bonchev–Trinajstić information content (AvgIpc) is 4.02. The molecule has 2 aliphatic heterocycles. The van der Waals surface area contributed by atoms with Gasteiger partial charge < -0.3 is 44.7 Å². The van der Waals surface area contributed by atoms with Crippen LogP contribution in [-0.4, -0.2) is 97.9 Å². The summed E-state index contributed by atoms with van der Waals surface area (Å²) < 4.78 is 62.7. The fourth-order valence-electron chi connectivity index (χ4n) is 8.62. The quantitative estimate of drug-likeness (QED) is 0.0134. The van der Waals surface area contributed by atoms with Gasteiger partial charge in [0.2, 0.25) is 0 Å². The largest absolute Gasteiger partial charge is 0.481 e. The van der Waals surface area contributed by atoms with E-state index in [-0.39, 0.29) is 18.7 Å². The van der Waals surface area contributed by atoms with Crippen molar-refractivity contribution in [1.82, 2.24) is 9.55 Å². The third-order valence-corrected chi connectivity index (χ3v) is 15.6. The van der Waals surface area contributed by atoms with Gasteiger partial charge >= 0.3 is 33.3 Å². The van der Waals surface area contributed by atoms with E-state index in [9.17, 15) is 43.5 Å². The van der Waals surface area contributed by atoms with Gasteiger partial charge in [-0.15, -0.1) is 0 Å². The molecule has 2 fully saturated rings. The first-order valence-corrected chi connectivity index (χ1v) is 30.2. The first-order chi connectivity index (χ1) is 34.5. The minimum absolute atomic E-state index is 0.0305. The Kier molecular flexibility index (Phi) is 32.3. The molecule has 6 N–H and O–H groups in total. The Morgan fingerprint density at radius 3 is 1.89 bits per heavy atom. The molecule has 0 spiro atoms. The van der Waals surface area contributed by atoms with Crippen LogP contribution >= 0.6 is 15.6 Å². The van der Waals surface area contributed by atoms with E-state index >= 15 is 0 Å². The van der Waals surface area contributed by atoms with Gasteiger partial charge in [-0.25, -0.2) is 13.9 Å². The number of anilines is 1. The molecule has 0 radical (unpaired) electrons. The van der Waals surface area contributed by atoms with E-state index in [1.807, 2.05) is 0 Å². The molecule has 21 heteroatoms. The SMILES string of the molecule is CCCCC/C=C\CC1OC1CCCCCCCC(=O)O[C@H](COC(=O)CCCCCCCCCCCCCCCCCC(C)C)COP(=O)(O)OP(=O)(O)OC[C@H]1O[C@@H](n2ccc(N)nc2=O)[C@H](O)[C@@H]1O. The zero-order valence-corrected chi connectivity index (χ0v) is 45.4. The predicted octanol–water partition coefficient (Wildman–Crippen LogP) is 10.5. The number of phosphoric ester groups is 2. The fourth-order valence-corrected chi connectivity index (χ4v) is 10.7. The Hall–Kier alpha value is -2.54.